The molecule has 44 heavy (non-hydrogen) atoms. The van der Waals surface area contributed by atoms with Gasteiger partial charge in [0.2, 0.25) is 0 Å². The minimum atomic E-state index is -0.992. The van der Waals surface area contributed by atoms with E-state index in [4.69, 9.17) is 28.5 Å². The van der Waals surface area contributed by atoms with E-state index in [1.54, 1.807) is 7.11 Å². The molecule has 0 aliphatic carbocycles. The van der Waals surface area contributed by atoms with Crippen LogP contribution in [0.3, 0.4) is 0 Å². The van der Waals surface area contributed by atoms with Crippen molar-refractivity contribution in [3.05, 3.63) is 144 Å². The zero-order valence-electron chi connectivity index (χ0n) is 25.2. The van der Waals surface area contributed by atoms with Gasteiger partial charge in [0.05, 0.1) is 33.0 Å². The molecule has 0 spiro atoms. The second-order valence-electron chi connectivity index (χ2n) is 11.3. The Kier molecular flexibility index (Phi) is 10.5. The fraction of sp³-hybridized carbons (Fsp3) is 0.351. The lowest BCUT2D eigenvalue weighted by Gasteiger charge is -2.49. The van der Waals surface area contributed by atoms with Crippen LogP contribution >= 0.6 is 0 Å². The van der Waals surface area contributed by atoms with E-state index >= 15 is 0 Å². The van der Waals surface area contributed by atoms with Crippen LogP contribution in [-0.4, -0.2) is 55.5 Å². The van der Waals surface area contributed by atoms with Crippen LogP contribution in [0, 0.1) is 0 Å². The summed E-state index contributed by atoms with van der Waals surface area (Å²) in [5, 5.41) is 1.97. The molecule has 4 aromatic rings. The summed E-state index contributed by atoms with van der Waals surface area (Å²) in [4.78, 5) is 6.39. The van der Waals surface area contributed by atoms with Crippen LogP contribution in [-0.2, 0) is 54.9 Å². The molecule has 5 atom stereocenters. The van der Waals surface area contributed by atoms with Crippen LogP contribution in [0.4, 0.5) is 0 Å². The lowest BCUT2D eigenvalue weighted by Crippen LogP contribution is -2.65. The Morgan fingerprint density at radius 2 is 1.11 bits per heavy atom. The van der Waals surface area contributed by atoms with Gasteiger partial charge < -0.3 is 23.7 Å². The Bertz CT molecular complexity index is 1390. The molecule has 0 radical (unpaired) electrons. The van der Waals surface area contributed by atoms with Crippen molar-refractivity contribution in [3.63, 3.8) is 0 Å². The smallest absolute Gasteiger partial charge is 0.190 e. The van der Waals surface area contributed by atoms with Crippen molar-refractivity contribution in [3.8, 4) is 0 Å². The van der Waals surface area contributed by atoms with E-state index in [9.17, 15) is 0 Å². The summed E-state index contributed by atoms with van der Waals surface area (Å²) in [6.07, 6.45) is -0.909. The zero-order valence-corrected chi connectivity index (χ0v) is 25.2. The fourth-order valence-corrected chi connectivity index (χ4v) is 6.06. The molecule has 0 N–H and O–H groups in total. The molecule has 0 aromatic heterocycles. The topological polar surface area (TPSA) is 58.6 Å². The van der Waals surface area contributed by atoms with E-state index in [-0.39, 0.29) is 6.61 Å². The number of nitrogens with zero attached hydrogens (tertiary/aromatic N) is 1. The standard InChI is InChI=1S/C37H41NO6/c1-39-37-22-23-44-38(24-29-14-6-2-7-15-29)36(37)35(42-27-32-20-12-5-13-21-32)34(41-26-31-18-10-4-11-19-31)33(28-43-37)40-25-30-16-8-3-9-17-30/h2-21,33-36H,22-28H2,1H3/t33-,34-,35+,36-,37-/m0/s1. The van der Waals surface area contributed by atoms with Crippen LogP contribution in [0.15, 0.2) is 121 Å². The van der Waals surface area contributed by atoms with E-state index in [0.29, 0.717) is 39.4 Å². The molecule has 2 fully saturated rings. The minimum Gasteiger partial charge on any atom is -0.369 e. The van der Waals surface area contributed by atoms with E-state index in [2.05, 4.69) is 48.5 Å². The van der Waals surface area contributed by atoms with Gasteiger partial charge in [-0.05, 0) is 22.3 Å². The maximum Gasteiger partial charge on any atom is 0.190 e. The highest BCUT2D eigenvalue weighted by molar-refractivity contribution is 5.17. The molecule has 230 valence electrons. The van der Waals surface area contributed by atoms with Gasteiger partial charge in [0.25, 0.3) is 0 Å². The number of fused-ring (bicyclic) bond motifs is 1. The summed E-state index contributed by atoms with van der Waals surface area (Å²) in [5.41, 5.74) is 4.33. The maximum absolute atomic E-state index is 6.91. The summed E-state index contributed by atoms with van der Waals surface area (Å²) in [6, 6.07) is 40.4. The van der Waals surface area contributed by atoms with Gasteiger partial charge >= 0.3 is 0 Å². The summed E-state index contributed by atoms with van der Waals surface area (Å²) in [7, 11) is 1.71. The first-order valence-electron chi connectivity index (χ1n) is 15.3. The van der Waals surface area contributed by atoms with Crippen molar-refractivity contribution in [1.82, 2.24) is 5.06 Å². The average Bonchev–Trinajstić information content (AvgIpc) is 3.22. The predicted octanol–water partition coefficient (Wildman–Crippen LogP) is 6.32. The van der Waals surface area contributed by atoms with Gasteiger partial charge in [-0.1, -0.05) is 121 Å². The summed E-state index contributed by atoms with van der Waals surface area (Å²) in [6.45, 7) is 2.47. The molecule has 2 aliphatic heterocycles. The highest BCUT2D eigenvalue weighted by atomic mass is 16.7. The lowest BCUT2D eigenvalue weighted by atomic mass is 9.91. The number of hydroxylamine groups is 2. The number of ether oxygens (including phenoxy) is 5. The first-order valence-corrected chi connectivity index (χ1v) is 15.3. The van der Waals surface area contributed by atoms with Gasteiger partial charge in [0.1, 0.15) is 24.4 Å². The molecule has 0 unspecified atom stereocenters. The molecular weight excluding hydrogens is 554 g/mol. The van der Waals surface area contributed by atoms with E-state index in [1.807, 2.05) is 77.9 Å². The van der Waals surface area contributed by atoms with E-state index in [0.717, 1.165) is 22.3 Å². The van der Waals surface area contributed by atoms with Crippen molar-refractivity contribution in [2.24, 2.45) is 0 Å². The van der Waals surface area contributed by atoms with Crippen molar-refractivity contribution >= 4 is 0 Å². The van der Waals surface area contributed by atoms with Crippen LogP contribution in [0.25, 0.3) is 0 Å². The number of hydrogen-bond acceptors (Lipinski definition) is 7. The summed E-state index contributed by atoms with van der Waals surface area (Å²) in [5.74, 6) is -0.992. The third-order valence-electron chi connectivity index (χ3n) is 8.37. The average molecular weight is 596 g/mol. The van der Waals surface area contributed by atoms with Gasteiger partial charge in [-0.2, -0.15) is 5.06 Å². The minimum absolute atomic E-state index is 0.279. The van der Waals surface area contributed by atoms with E-state index < -0.39 is 30.1 Å². The van der Waals surface area contributed by atoms with Crippen LogP contribution < -0.4 is 0 Å². The van der Waals surface area contributed by atoms with Gasteiger partial charge in [0, 0.05) is 20.1 Å². The van der Waals surface area contributed by atoms with E-state index in [1.165, 1.54) is 0 Å². The van der Waals surface area contributed by atoms with Crippen molar-refractivity contribution in [2.45, 2.75) is 62.9 Å². The Morgan fingerprint density at radius 1 is 0.636 bits per heavy atom. The normalized spacial score (nSPS) is 25.7. The van der Waals surface area contributed by atoms with Gasteiger partial charge in [0.15, 0.2) is 5.79 Å². The van der Waals surface area contributed by atoms with Crippen molar-refractivity contribution in [2.75, 3.05) is 20.3 Å². The predicted molar refractivity (Wildman–Crippen MR) is 167 cm³/mol. The first kappa shape index (κ1) is 30.6. The van der Waals surface area contributed by atoms with Crippen LogP contribution in [0.1, 0.15) is 28.7 Å². The second kappa shape index (κ2) is 15.1. The number of benzene rings is 4. The van der Waals surface area contributed by atoms with Crippen LogP contribution in [0.2, 0.25) is 0 Å². The Morgan fingerprint density at radius 3 is 1.64 bits per heavy atom. The fourth-order valence-electron chi connectivity index (χ4n) is 6.06. The Balaban J connectivity index is 1.37. The molecule has 4 aromatic carbocycles. The molecule has 0 saturated carbocycles. The number of methoxy groups -OCH3 is 1. The molecule has 0 bridgehead atoms. The molecular formula is C37H41NO6. The first-order chi connectivity index (χ1) is 21.7. The monoisotopic (exact) mass is 595 g/mol. The molecule has 7 nitrogen and oxygen atoms in total. The third-order valence-corrected chi connectivity index (χ3v) is 8.37. The molecule has 7 heteroatoms. The van der Waals surface area contributed by atoms with Crippen molar-refractivity contribution < 1.29 is 28.5 Å². The SMILES string of the molecule is CO[C@]12CCON(Cc3ccccc3)[C@H]1[C@H](OCc1ccccc1)[C@@H](OCc1ccccc1)[C@@H](OCc1ccccc1)CO2. The number of rotatable bonds is 12. The molecule has 6 rings (SSSR count). The lowest BCUT2D eigenvalue weighted by molar-refractivity contribution is -0.366. The number of hydrogen-bond donors (Lipinski definition) is 0. The zero-order chi connectivity index (χ0) is 30.0. The Labute approximate surface area is 260 Å². The highest BCUT2D eigenvalue weighted by Crippen LogP contribution is 2.40. The summed E-state index contributed by atoms with van der Waals surface area (Å²) >= 11 is 0. The Hall–Kier alpha value is -3.40. The molecule has 2 aliphatic rings. The van der Waals surface area contributed by atoms with Crippen LogP contribution in [0.5, 0.6) is 0 Å². The van der Waals surface area contributed by atoms with Gasteiger partial charge in [-0.3, -0.25) is 4.84 Å². The van der Waals surface area contributed by atoms with Gasteiger partial charge in [-0.25, -0.2) is 0 Å². The third kappa shape index (κ3) is 7.45. The molecule has 2 saturated heterocycles. The molecule has 2 heterocycles. The summed E-state index contributed by atoms with van der Waals surface area (Å²) < 4.78 is 33.4. The maximum atomic E-state index is 6.91. The molecule has 0 amide bonds. The van der Waals surface area contributed by atoms with Crippen molar-refractivity contribution in [1.29, 1.82) is 0 Å². The second-order valence-corrected chi connectivity index (χ2v) is 11.3. The largest absolute Gasteiger partial charge is 0.369 e. The van der Waals surface area contributed by atoms with Gasteiger partial charge in [-0.15, -0.1) is 0 Å². The highest BCUT2D eigenvalue weighted by Gasteiger charge is 2.58. The quantitative estimate of drug-likeness (QED) is 0.190.